The van der Waals surface area contributed by atoms with Gasteiger partial charge in [-0.3, -0.25) is 5.32 Å². The Bertz CT molecular complexity index is 888. The standard InChI is InChI=1S/C24H35ClN2O6/c1-7-18-14-24(30,26-23(29)33-18)21(32-6)10-8-9-15(2)11-17-12-19(27(4)16(3)28)22(25)20(13-17)31-5/h8-10,12-13,16,18,21,28,30H,7,11,14H2,1-6H3,(H,26,29)/b10-8+,15-9+. The van der Waals surface area contributed by atoms with E-state index in [1.165, 1.54) is 7.11 Å². The molecule has 1 heterocycles. The summed E-state index contributed by atoms with van der Waals surface area (Å²) in [5.74, 6) is 0.530. The van der Waals surface area contributed by atoms with Crippen molar-refractivity contribution >= 4 is 23.4 Å². The molecule has 9 heteroatoms. The second-order valence-corrected chi connectivity index (χ2v) is 8.67. The van der Waals surface area contributed by atoms with Crippen LogP contribution in [0.15, 0.2) is 35.9 Å². The number of anilines is 1. The quantitative estimate of drug-likeness (QED) is 0.344. The zero-order chi connectivity index (χ0) is 24.8. The fourth-order valence-electron chi connectivity index (χ4n) is 3.69. The van der Waals surface area contributed by atoms with Gasteiger partial charge < -0.3 is 29.3 Å². The minimum atomic E-state index is -1.55. The highest BCUT2D eigenvalue weighted by Crippen LogP contribution is 2.36. The van der Waals surface area contributed by atoms with E-state index < -0.39 is 24.2 Å². The third-order valence-corrected chi connectivity index (χ3v) is 6.08. The number of amides is 1. The third kappa shape index (κ3) is 6.86. The lowest BCUT2D eigenvalue weighted by atomic mass is 9.95. The topological polar surface area (TPSA) is 100 Å². The largest absolute Gasteiger partial charge is 0.495 e. The van der Waals surface area contributed by atoms with Crippen LogP contribution in [0.4, 0.5) is 10.5 Å². The molecule has 1 aromatic carbocycles. The van der Waals surface area contributed by atoms with Gasteiger partial charge in [0.25, 0.3) is 0 Å². The first kappa shape index (κ1) is 27.0. The predicted molar refractivity (Wildman–Crippen MR) is 129 cm³/mol. The highest BCUT2D eigenvalue weighted by Gasteiger charge is 2.44. The van der Waals surface area contributed by atoms with Crippen LogP contribution in [-0.2, 0) is 15.9 Å². The van der Waals surface area contributed by atoms with Gasteiger partial charge in [-0.25, -0.2) is 4.79 Å². The normalized spacial score (nSPS) is 23.1. The van der Waals surface area contributed by atoms with Crippen LogP contribution in [-0.4, -0.2) is 61.7 Å². The number of rotatable bonds is 10. The Balaban J connectivity index is 2.19. The van der Waals surface area contributed by atoms with Crippen LogP contribution >= 0.6 is 11.6 Å². The lowest BCUT2D eigenvalue weighted by Gasteiger charge is -2.40. The molecule has 184 valence electrons. The van der Waals surface area contributed by atoms with E-state index in [0.717, 1.165) is 11.1 Å². The smallest absolute Gasteiger partial charge is 0.409 e. The number of aliphatic hydroxyl groups excluding tert-OH is 1. The van der Waals surface area contributed by atoms with Gasteiger partial charge in [-0.2, -0.15) is 0 Å². The lowest BCUT2D eigenvalue weighted by Crippen LogP contribution is -2.62. The number of halogens is 1. The minimum Gasteiger partial charge on any atom is -0.495 e. The summed E-state index contributed by atoms with van der Waals surface area (Å²) in [6.45, 7) is 5.53. The summed E-state index contributed by atoms with van der Waals surface area (Å²) in [5, 5.41) is 23.8. The third-order valence-electron chi connectivity index (χ3n) is 5.70. The number of methoxy groups -OCH3 is 2. The van der Waals surface area contributed by atoms with Gasteiger partial charge in [0.2, 0.25) is 0 Å². The van der Waals surface area contributed by atoms with Crippen LogP contribution in [0.3, 0.4) is 0 Å². The molecule has 1 aliphatic rings. The Morgan fingerprint density at radius 2 is 2.15 bits per heavy atom. The van der Waals surface area contributed by atoms with Crippen molar-refractivity contribution in [2.75, 3.05) is 26.2 Å². The maximum Gasteiger partial charge on any atom is 0.409 e. The molecule has 0 aliphatic carbocycles. The van der Waals surface area contributed by atoms with Crippen LogP contribution < -0.4 is 15.0 Å². The van der Waals surface area contributed by atoms with E-state index in [9.17, 15) is 15.0 Å². The molecular formula is C24H35ClN2O6. The van der Waals surface area contributed by atoms with Crippen LogP contribution in [0.25, 0.3) is 0 Å². The molecule has 4 atom stereocenters. The van der Waals surface area contributed by atoms with Crippen molar-refractivity contribution in [1.82, 2.24) is 5.32 Å². The number of hydrogen-bond acceptors (Lipinski definition) is 7. The molecule has 1 fully saturated rings. The van der Waals surface area contributed by atoms with Crippen LogP contribution in [0.5, 0.6) is 5.75 Å². The van der Waals surface area contributed by atoms with E-state index in [2.05, 4.69) is 5.32 Å². The van der Waals surface area contributed by atoms with Crippen LogP contribution in [0.2, 0.25) is 5.02 Å². The molecule has 0 bridgehead atoms. The van der Waals surface area contributed by atoms with E-state index in [-0.39, 0.29) is 12.5 Å². The number of allylic oxidation sites excluding steroid dienone is 3. The van der Waals surface area contributed by atoms with Crippen molar-refractivity contribution in [2.24, 2.45) is 0 Å². The van der Waals surface area contributed by atoms with Gasteiger partial charge in [-0.1, -0.05) is 42.3 Å². The Morgan fingerprint density at radius 3 is 2.73 bits per heavy atom. The second kappa shape index (κ2) is 11.7. The number of carbonyl (C=O) groups is 1. The second-order valence-electron chi connectivity index (χ2n) is 8.29. The summed E-state index contributed by atoms with van der Waals surface area (Å²) < 4.78 is 16.0. The van der Waals surface area contributed by atoms with Gasteiger partial charge in [-0.05, 0) is 44.4 Å². The molecule has 8 nitrogen and oxygen atoms in total. The number of benzene rings is 1. The first-order chi connectivity index (χ1) is 15.5. The zero-order valence-electron chi connectivity index (χ0n) is 20.1. The number of nitrogens with one attached hydrogen (secondary N) is 1. The first-order valence-corrected chi connectivity index (χ1v) is 11.3. The molecule has 0 spiro atoms. The minimum absolute atomic E-state index is 0.227. The summed E-state index contributed by atoms with van der Waals surface area (Å²) >= 11 is 6.43. The van der Waals surface area contributed by atoms with E-state index in [1.807, 2.05) is 32.1 Å². The van der Waals surface area contributed by atoms with Crippen molar-refractivity contribution in [1.29, 1.82) is 0 Å². The molecule has 0 saturated carbocycles. The SMILES string of the molecule is CCC1CC(O)(C(/C=C/C=C(\C)Cc2cc(OC)c(Cl)c(N(C)C(C)O)c2)OC)NC(=O)O1. The van der Waals surface area contributed by atoms with Gasteiger partial charge in [0.1, 0.15) is 29.2 Å². The Morgan fingerprint density at radius 1 is 1.45 bits per heavy atom. The van der Waals surface area contributed by atoms with Gasteiger partial charge in [0.05, 0.1) is 12.8 Å². The molecule has 1 amide bonds. The van der Waals surface area contributed by atoms with E-state index in [4.69, 9.17) is 25.8 Å². The van der Waals surface area contributed by atoms with Gasteiger partial charge in [0.15, 0.2) is 5.72 Å². The summed E-state index contributed by atoms with van der Waals surface area (Å²) in [7, 11) is 4.79. The Labute approximate surface area is 200 Å². The zero-order valence-corrected chi connectivity index (χ0v) is 20.8. The summed E-state index contributed by atoms with van der Waals surface area (Å²) in [6, 6.07) is 3.79. The van der Waals surface area contributed by atoms with Gasteiger partial charge in [-0.15, -0.1) is 0 Å². The van der Waals surface area contributed by atoms with E-state index in [0.29, 0.717) is 29.3 Å². The number of nitrogens with zero attached hydrogens (tertiary/aromatic N) is 1. The average molecular weight is 483 g/mol. The fraction of sp³-hybridized carbons (Fsp3) is 0.542. The van der Waals surface area contributed by atoms with Crippen molar-refractivity contribution in [2.45, 2.75) is 64.2 Å². The number of hydrogen-bond donors (Lipinski definition) is 3. The van der Waals surface area contributed by atoms with Crippen molar-refractivity contribution < 1.29 is 29.2 Å². The Hall–Kier alpha value is -2.26. The maximum atomic E-state index is 11.8. The molecule has 0 aromatic heterocycles. The molecule has 4 unspecified atom stereocenters. The van der Waals surface area contributed by atoms with Gasteiger partial charge in [0, 0.05) is 20.6 Å². The average Bonchev–Trinajstić information content (AvgIpc) is 2.76. The molecule has 1 aliphatic heterocycles. The number of alkyl carbamates (subject to hydrolysis) is 1. The molecule has 33 heavy (non-hydrogen) atoms. The number of aliphatic hydroxyl groups is 2. The Kier molecular flexibility index (Phi) is 9.60. The number of cyclic esters (lactones) is 1. The summed E-state index contributed by atoms with van der Waals surface area (Å²) in [6.07, 6.45) is 4.36. The van der Waals surface area contributed by atoms with Crippen molar-refractivity contribution in [3.8, 4) is 5.75 Å². The molecule has 1 aromatic rings. The predicted octanol–water partition coefficient (Wildman–Crippen LogP) is 3.78. The molecule has 0 radical (unpaired) electrons. The first-order valence-electron chi connectivity index (χ1n) is 10.9. The molecule has 3 N–H and O–H groups in total. The van der Waals surface area contributed by atoms with E-state index >= 15 is 0 Å². The summed E-state index contributed by atoms with van der Waals surface area (Å²) in [5.41, 5.74) is 1.12. The highest BCUT2D eigenvalue weighted by molar-refractivity contribution is 6.34. The fourth-order valence-corrected chi connectivity index (χ4v) is 4.01. The van der Waals surface area contributed by atoms with Crippen molar-refractivity contribution in [3.05, 3.63) is 46.5 Å². The van der Waals surface area contributed by atoms with E-state index in [1.54, 1.807) is 38.1 Å². The lowest BCUT2D eigenvalue weighted by molar-refractivity contribution is -0.134. The maximum absolute atomic E-state index is 11.8. The van der Waals surface area contributed by atoms with Crippen LogP contribution in [0.1, 0.15) is 39.2 Å². The highest BCUT2D eigenvalue weighted by atomic mass is 35.5. The molecular weight excluding hydrogens is 448 g/mol. The molecule has 1 saturated heterocycles. The monoisotopic (exact) mass is 482 g/mol. The number of carbonyl (C=O) groups excluding carboxylic acids is 1. The van der Waals surface area contributed by atoms with Crippen LogP contribution in [0, 0.1) is 0 Å². The summed E-state index contributed by atoms with van der Waals surface area (Å²) in [4.78, 5) is 13.5. The molecule has 2 rings (SSSR count). The van der Waals surface area contributed by atoms with Crippen molar-refractivity contribution in [3.63, 3.8) is 0 Å². The van der Waals surface area contributed by atoms with Gasteiger partial charge >= 0.3 is 6.09 Å². The number of ether oxygens (including phenoxy) is 3.